The zero-order chi connectivity index (χ0) is 33.3. The Kier molecular flexibility index (Phi) is 9.69. The summed E-state index contributed by atoms with van der Waals surface area (Å²) in [6, 6.07) is 5.04. The van der Waals surface area contributed by atoms with Gasteiger partial charge < -0.3 is 0 Å². The molecule has 0 aliphatic carbocycles. The molecule has 0 atom stereocenters. The van der Waals surface area contributed by atoms with Crippen LogP contribution in [0.3, 0.4) is 0 Å². The van der Waals surface area contributed by atoms with E-state index in [0.29, 0.717) is 28.0 Å². The van der Waals surface area contributed by atoms with Gasteiger partial charge in [0.05, 0.1) is 16.7 Å². The molecule has 3 rings (SSSR count). The Bertz CT molecular complexity index is 1660. The van der Waals surface area contributed by atoms with Crippen LogP contribution in [0, 0.1) is 5.41 Å². The van der Waals surface area contributed by atoms with E-state index in [1.807, 2.05) is 39.8 Å². The van der Waals surface area contributed by atoms with Crippen molar-refractivity contribution in [3.63, 3.8) is 0 Å². The fraction of sp³-hybridized carbons (Fsp3) is 0.316. The van der Waals surface area contributed by atoms with Crippen LogP contribution in [-0.2, 0) is 9.59 Å². The molecule has 0 bridgehead atoms. The van der Waals surface area contributed by atoms with Crippen molar-refractivity contribution in [1.29, 1.82) is 0 Å². The molecule has 0 unspecified atom stereocenters. The SMILES string of the molecule is C=CC(=C\C=C(/C)C(C)(C)C)/C(C)=C/C=C(\C)N1C(=O)C(=C)/C(=C\C(=C/C)c2ccc3c(c2)C(=O)N(C(C)(C)C)C3=O)C1=O. The number of imide groups is 2. The van der Waals surface area contributed by atoms with Crippen molar-refractivity contribution in [3.05, 3.63) is 124 Å². The van der Waals surface area contributed by atoms with Gasteiger partial charge in [0, 0.05) is 16.8 Å². The van der Waals surface area contributed by atoms with E-state index in [-0.39, 0.29) is 28.4 Å². The Morgan fingerprint density at radius 2 is 1.41 bits per heavy atom. The summed E-state index contributed by atoms with van der Waals surface area (Å²) >= 11 is 0. The number of carbonyl (C=O) groups is 4. The maximum absolute atomic E-state index is 13.5. The highest BCUT2D eigenvalue weighted by molar-refractivity contribution is 6.26. The minimum absolute atomic E-state index is 0.0539. The molecule has 230 valence electrons. The molecule has 2 aliphatic rings. The number of rotatable bonds is 7. The molecule has 1 aromatic carbocycles. The summed E-state index contributed by atoms with van der Waals surface area (Å²) in [5.74, 6) is -1.66. The molecule has 2 aliphatic heterocycles. The van der Waals surface area contributed by atoms with Gasteiger partial charge in [-0.25, -0.2) is 4.90 Å². The number of amides is 4. The molecule has 0 saturated carbocycles. The molecule has 1 saturated heterocycles. The zero-order valence-electron chi connectivity index (χ0n) is 27.7. The van der Waals surface area contributed by atoms with Crippen LogP contribution in [0.15, 0.2) is 107 Å². The maximum Gasteiger partial charge on any atom is 0.265 e. The van der Waals surface area contributed by atoms with Crippen molar-refractivity contribution in [1.82, 2.24) is 9.80 Å². The minimum Gasteiger partial charge on any atom is -0.269 e. The summed E-state index contributed by atoms with van der Waals surface area (Å²) < 4.78 is 0. The van der Waals surface area contributed by atoms with Crippen molar-refractivity contribution in [3.8, 4) is 0 Å². The predicted octanol–water partition coefficient (Wildman–Crippen LogP) is 8.29. The molecule has 0 spiro atoms. The summed E-state index contributed by atoms with van der Waals surface area (Å²) in [6.07, 6.45) is 12.9. The summed E-state index contributed by atoms with van der Waals surface area (Å²) in [7, 11) is 0. The van der Waals surface area contributed by atoms with Crippen LogP contribution >= 0.6 is 0 Å². The van der Waals surface area contributed by atoms with Gasteiger partial charge >= 0.3 is 0 Å². The van der Waals surface area contributed by atoms with Gasteiger partial charge in [-0.1, -0.05) is 75.9 Å². The van der Waals surface area contributed by atoms with E-state index in [1.54, 1.807) is 56.4 Å². The molecule has 1 aromatic rings. The predicted molar refractivity (Wildman–Crippen MR) is 178 cm³/mol. The first-order valence-corrected chi connectivity index (χ1v) is 14.7. The van der Waals surface area contributed by atoms with Gasteiger partial charge in [-0.2, -0.15) is 0 Å². The lowest BCUT2D eigenvalue weighted by molar-refractivity contribution is -0.134. The average molecular weight is 593 g/mol. The number of likely N-dealkylation sites (tertiary alicyclic amines) is 1. The Morgan fingerprint density at radius 1 is 0.795 bits per heavy atom. The quantitative estimate of drug-likeness (QED) is 0.181. The van der Waals surface area contributed by atoms with Crippen LogP contribution in [0.25, 0.3) is 5.57 Å². The molecule has 2 heterocycles. The first-order chi connectivity index (χ1) is 20.3. The molecule has 4 amide bonds. The highest BCUT2D eigenvalue weighted by Gasteiger charge is 2.42. The van der Waals surface area contributed by atoms with Crippen LogP contribution in [0.2, 0.25) is 0 Å². The molecule has 1 fully saturated rings. The lowest BCUT2D eigenvalue weighted by Gasteiger charge is -2.29. The van der Waals surface area contributed by atoms with Crippen molar-refractivity contribution in [2.75, 3.05) is 0 Å². The fourth-order valence-corrected chi connectivity index (χ4v) is 4.82. The van der Waals surface area contributed by atoms with Gasteiger partial charge in [-0.15, -0.1) is 0 Å². The van der Waals surface area contributed by atoms with Gasteiger partial charge in [0.15, 0.2) is 0 Å². The second-order valence-corrected chi connectivity index (χ2v) is 13.2. The standard InChI is InChI=1S/C38H44N2O4/c1-13-27(18-16-24(4)37(7,8)9)23(3)15-17-25(5)39-33(41)26(6)31(34(39)42)21-28(14-2)29-19-20-30-32(22-29)36(44)40(35(30)43)38(10,11)12/h13-22H,1,6H2,2-5,7-12H3/b23-15+,24-16+,25-17+,27-18+,28-14+,31-21+. The zero-order valence-corrected chi connectivity index (χ0v) is 27.7. The van der Waals surface area contributed by atoms with E-state index in [4.69, 9.17) is 0 Å². The van der Waals surface area contributed by atoms with Crippen LogP contribution in [0.1, 0.15) is 95.5 Å². The molecule has 6 nitrogen and oxygen atoms in total. The summed E-state index contributed by atoms with van der Waals surface area (Å²) in [5.41, 5.74) is 5.12. The van der Waals surface area contributed by atoms with Crippen molar-refractivity contribution >= 4 is 29.2 Å². The first kappa shape index (κ1) is 33.9. The lowest BCUT2D eigenvalue weighted by atomic mass is 9.87. The molecular formula is C38H44N2O4. The normalized spacial score (nSPS) is 18.7. The number of carbonyl (C=O) groups excluding carboxylic acids is 4. The number of hydrogen-bond acceptors (Lipinski definition) is 4. The molecule has 6 heteroatoms. The van der Waals surface area contributed by atoms with E-state index in [2.05, 4.69) is 46.9 Å². The number of allylic oxidation sites excluding steroid dienone is 12. The van der Waals surface area contributed by atoms with E-state index in [1.165, 1.54) is 10.5 Å². The van der Waals surface area contributed by atoms with Crippen LogP contribution < -0.4 is 0 Å². The van der Waals surface area contributed by atoms with Gasteiger partial charge in [0.1, 0.15) is 0 Å². The van der Waals surface area contributed by atoms with Crippen molar-refractivity contribution in [2.45, 2.75) is 74.8 Å². The van der Waals surface area contributed by atoms with E-state index in [0.717, 1.165) is 16.0 Å². The van der Waals surface area contributed by atoms with Crippen molar-refractivity contribution < 1.29 is 19.2 Å². The number of nitrogens with zero attached hydrogens (tertiary/aromatic N) is 2. The second-order valence-electron chi connectivity index (χ2n) is 13.2. The topological polar surface area (TPSA) is 74.8 Å². The third-order valence-corrected chi connectivity index (χ3v) is 8.02. The average Bonchev–Trinajstić information content (AvgIpc) is 3.32. The van der Waals surface area contributed by atoms with Gasteiger partial charge in [-0.05, 0) is 100 Å². The minimum atomic E-state index is -0.665. The summed E-state index contributed by atoms with van der Waals surface area (Å²) in [4.78, 5) is 55.2. The largest absolute Gasteiger partial charge is 0.269 e. The fourth-order valence-electron chi connectivity index (χ4n) is 4.82. The Hall–Kier alpha value is -4.58. The number of benzene rings is 1. The monoisotopic (exact) mass is 592 g/mol. The first-order valence-electron chi connectivity index (χ1n) is 14.7. The van der Waals surface area contributed by atoms with Crippen LogP contribution in [0.5, 0.6) is 0 Å². The smallest absolute Gasteiger partial charge is 0.265 e. The van der Waals surface area contributed by atoms with Crippen LogP contribution in [-0.4, -0.2) is 39.0 Å². The molecule has 0 radical (unpaired) electrons. The van der Waals surface area contributed by atoms with Gasteiger partial charge in [0.25, 0.3) is 23.6 Å². The van der Waals surface area contributed by atoms with E-state index in [9.17, 15) is 19.2 Å². The maximum atomic E-state index is 13.5. The van der Waals surface area contributed by atoms with Gasteiger partial charge in [0.2, 0.25) is 0 Å². The Labute approximate surface area is 262 Å². The van der Waals surface area contributed by atoms with E-state index < -0.39 is 17.4 Å². The molecule has 44 heavy (non-hydrogen) atoms. The molecule has 0 N–H and O–H groups in total. The Balaban J connectivity index is 1.93. The molecular weight excluding hydrogens is 548 g/mol. The number of hydrogen-bond donors (Lipinski definition) is 0. The lowest BCUT2D eigenvalue weighted by Crippen LogP contribution is -2.45. The highest BCUT2D eigenvalue weighted by atomic mass is 16.2. The highest BCUT2D eigenvalue weighted by Crippen LogP contribution is 2.34. The summed E-state index contributed by atoms with van der Waals surface area (Å²) in [6.45, 7) is 27.3. The van der Waals surface area contributed by atoms with Crippen LogP contribution in [0.4, 0.5) is 0 Å². The third kappa shape index (κ3) is 6.65. The van der Waals surface area contributed by atoms with E-state index >= 15 is 0 Å². The second kappa shape index (κ2) is 12.6. The molecule has 0 aromatic heterocycles. The van der Waals surface area contributed by atoms with Gasteiger partial charge in [-0.3, -0.25) is 24.1 Å². The Morgan fingerprint density at radius 3 is 1.95 bits per heavy atom. The summed E-state index contributed by atoms with van der Waals surface area (Å²) in [5, 5.41) is 0. The van der Waals surface area contributed by atoms with Crippen molar-refractivity contribution in [2.24, 2.45) is 5.41 Å². The number of fused-ring (bicyclic) bond motifs is 1. The third-order valence-electron chi connectivity index (χ3n) is 8.02.